The Balaban J connectivity index is 0.00000506. The van der Waals surface area contributed by atoms with Crippen LogP contribution >= 0.6 is 0 Å². The lowest BCUT2D eigenvalue weighted by atomic mass is 10.0. The van der Waals surface area contributed by atoms with Gasteiger partial charge >= 0.3 is 6.09 Å². The molecule has 2 aliphatic rings. The molecule has 12 heteroatoms. The van der Waals surface area contributed by atoms with E-state index in [0.717, 1.165) is 5.56 Å². The van der Waals surface area contributed by atoms with Gasteiger partial charge in [-0.15, -0.1) is 0 Å². The van der Waals surface area contributed by atoms with Crippen LogP contribution in [0.1, 0.15) is 45.1 Å². The molecule has 0 spiro atoms. The molecule has 2 saturated heterocycles. The zero-order valence-corrected chi connectivity index (χ0v) is 25.4. The number of halogens is 1. The summed E-state index contributed by atoms with van der Waals surface area (Å²) in [6, 6.07) is 12.6. The van der Waals surface area contributed by atoms with Crippen LogP contribution in [0.2, 0.25) is 0 Å². The second-order valence-electron chi connectivity index (χ2n) is 11.1. The van der Waals surface area contributed by atoms with Crippen LogP contribution in [-0.4, -0.2) is 77.2 Å². The number of aromatic nitrogens is 1. The molecule has 4 amide bonds. The topological polar surface area (TPSA) is 129 Å². The van der Waals surface area contributed by atoms with E-state index in [-0.39, 0.29) is 49.7 Å². The van der Waals surface area contributed by atoms with Gasteiger partial charge in [-0.3, -0.25) is 19.2 Å². The summed E-state index contributed by atoms with van der Waals surface area (Å²) < 4.78 is 6.95. The molecule has 11 nitrogen and oxygen atoms in total. The first-order valence-corrected chi connectivity index (χ1v) is 14.6. The molecule has 0 bridgehead atoms. The lowest BCUT2D eigenvalue weighted by molar-refractivity contribution is -0.684. The van der Waals surface area contributed by atoms with E-state index < -0.39 is 36.0 Å². The molecule has 0 saturated carbocycles. The van der Waals surface area contributed by atoms with Crippen molar-refractivity contribution in [3.8, 4) is 0 Å². The molecule has 2 fully saturated rings. The van der Waals surface area contributed by atoms with Crippen LogP contribution in [-0.2, 0) is 37.1 Å². The minimum Gasteiger partial charge on any atom is -1.00 e. The Kier molecular flexibility index (Phi) is 12.5. The first kappa shape index (κ1) is 33.5. The molecule has 3 unspecified atom stereocenters. The number of Topliss-reactive ketones (excluding diaryl/α,β-unsaturated/α-hetero) is 1. The quantitative estimate of drug-likeness (QED) is 0.300. The largest absolute Gasteiger partial charge is 1.00 e. The Morgan fingerprint density at radius 1 is 0.907 bits per heavy atom. The third-order valence-electron chi connectivity index (χ3n) is 7.73. The van der Waals surface area contributed by atoms with E-state index in [0.29, 0.717) is 38.8 Å². The monoisotopic (exact) mass is 613 g/mol. The Morgan fingerprint density at radius 3 is 2.21 bits per heavy atom. The van der Waals surface area contributed by atoms with Crippen LogP contribution in [0.15, 0.2) is 60.9 Å². The van der Waals surface area contributed by atoms with Gasteiger partial charge in [-0.1, -0.05) is 50.2 Å². The summed E-state index contributed by atoms with van der Waals surface area (Å²) in [4.78, 5) is 68.2. The Labute approximate surface area is 258 Å². The fourth-order valence-corrected chi connectivity index (χ4v) is 5.49. The summed E-state index contributed by atoms with van der Waals surface area (Å²) in [6.45, 7) is 4.46. The molecular formula is C31H40ClN5O6. The normalized spacial score (nSPS) is 18.5. The summed E-state index contributed by atoms with van der Waals surface area (Å²) in [5, 5.41) is 5.34. The molecule has 2 aromatic rings. The molecule has 2 N–H and O–H groups in total. The van der Waals surface area contributed by atoms with Gasteiger partial charge in [-0.25, -0.2) is 4.79 Å². The molecule has 3 heterocycles. The summed E-state index contributed by atoms with van der Waals surface area (Å²) in [7, 11) is 0. The minimum absolute atomic E-state index is 0. The number of ketones is 1. The second kappa shape index (κ2) is 16.0. The van der Waals surface area contributed by atoms with E-state index in [1.165, 1.54) is 4.90 Å². The SMILES string of the molecule is CC(C)C(NC(=O)C1CCCN1C(=O)CNC(=O)OCc1ccccc1)C(=O)N1CCCC1C(=O)C[n+]1ccccc1.[Cl-]. The lowest BCUT2D eigenvalue weighted by Gasteiger charge is -2.32. The minimum atomic E-state index is -0.834. The van der Waals surface area contributed by atoms with Gasteiger partial charge in [0.05, 0.1) is 6.04 Å². The first-order chi connectivity index (χ1) is 20.2. The number of nitrogens with zero attached hydrogens (tertiary/aromatic N) is 3. The lowest BCUT2D eigenvalue weighted by Crippen LogP contribution is -3.00. The maximum atomic E-state index is 13.7. The van der Waals surface area contributed by atoms with Gasteiger partial charge in [0.15, 0.2) is 12.4 Å². The van der Waals surface area contributed by atoms with Gasteiger partial charge in [0.2, 0.25) is 30.0 Å². The van der Waals surface area contributed by atoms with Crippen molar-refractivity contribution >= 4 is 29.6 Å². The van der Waals surface area contributed by atoms with Crippen LogP contribution < -0.4 is 27.6 Å². The number of carbonyl (C=O) groups excluding carboxylic acids is 5. The van der Waals surface area contributed by atoms with Crippen LogP contribution in [0.25, 0.3) is 0 Å². The summed E-state index contributed by atoms with van der Waals surface area (Å²) in [5.74, 6) is -1.38. The number of nitrogens with one attached hydrogen (secondary N) is 2. The van der Waals surface area contributed by atoms with Gasteiger partial charge in [0.25, 0.3) is 0 Å². The van der Waals surface area contributed by atoms with Crippen molar-refractivity contribution in [3.05, 3.63) is 66.5 Å². The Hall–Kier alpha value is -3.99. The van der Waals surface area contributed by atoms with E-state index in [9.17, 15) is 24.0 Å². The average Bonchev–Trinajstić information content (AvgIpc) is 3.69. The summed E-state index contributed by atoms with van der Waals surface area (Å²) in [5.41, 5.74) is 0.823. The molecule has 232 valence electrons. The predicted molar refractivity (Wildman–Crippen MR) is 153 cm³/mol. The van der Waals surface area contributed by atoms with Crippen molar-refractivity contribution in [2.75, 3.05) is 19.6 Å². The van der Waals surface area contributed by atoms with Crippen LogP contribution in [0.5, 0.6) is 0 Å². The molecule has 2 aliphatic heterocycles. The average molecular weight is 614 g/mol. The van der Waals surface area contributed by atoms with Crippen molar-refractivity contribution in [1.82, 2.24) is 20.4 Å². The Bertz CT molecular complexity index is 1260. The van der Waals surface area contributed by atoms with Crippen molar-refractivity contribution in [2.45, 2.75) is 70.8 Å². The van der Waals surface area contributed by atoms with Gasteiger partial charge in [0.1, 0.15) is 25.2 Å². The van der Waals surface area contributed by atoms with Gasteiger partial charge in [0, 0.05) is 25.2 Å². The van der Waals surface area contributed by atoms with E-state index >= 15 is 0 Å². The molecule has 0 radical (unpaired) electrons. The highest BCUT2D eigenvalue weighted by molar-refractivity contribution is 5.95. The van der Waals surface area contributed by atoms with Crippen molar-refractivity contribution in [1.29, 1.82) is 0 Å². The molecule has 0 aliphatic carbocycles. The van der Waals surface area contributed by atoms with E-state index in [1.54, 1.807) is 9.47 Å². The number of alkyl carbamates (subject to hydrolysis) is 1. The molecule has 43 heavy (non-hydrogen) atoms. The van der Waals surface area contributed by atoms with E-state index in [4.69, 9.17) is 4.74 Å². The third kappa shape index (κ3) is 9.00. The number of ether oxygens (including phenoxy) is 1. The first-order valence-electron chi connectivity index (χ1n) is 14.6. The van der Waals surface area contributed by atoms with Gasteiger partial charge < -0.3 is 37.6 Å². The maximum absolute atomic E-state index is 13.7. The number of likely N-dealkylation sites (tertiary alicyclic amines) is 2. The fourth-order valence-electron chi connectivity index (χ4n) is 5.49. The molecule has 1 aromatic heterocycles. The zero-order chi connectivity index (χ0) is 30.1. The van der Waals surface area contributed by atoms with Crippen LogP contribution in [0, 0.1) is 5.92 Å². The van der Waals surface area contributed by atoms with Crippen molar-refractivity contribution < 1.29 is 45.7 Å². The van der Waals surface area contributed by atoms with E-state index in [1.807, 2.05) is 74.8 Å². The van der Waals surface area contributed by atoms with Crippen molar-refractivity contribution in [3.63, 3.8) is 0 Å². The standard InChI is InChI=1S/C31H39N5O6.ClH/c1-22(2)28(30(40)36-18-9-13-24(36)26(37)20-34-15-7-4-8-16-34)33-29(39)25-14-10-17-35(25)27(38)19-32-31(41)42-21-23-11-5-3-6-12-23;/h3-8,11-12,15-16,22,24-25,28H,9-10,13-14,17-21H2,1-2H3,(H-,32,33,39,41);1H. The highest BCUT2D eigenvalue weighted by Crippen LogP contribution is 2.22. The van der Waals surface area contributed by atoms with Crippen LogP contribution in [0.4, 0.5) is 4.79 Å². The van der Waals surface area contributed by atoms with E-state index in [2.05, 4.69) is 10.6 Å². The number of hydrogen-bond acceptors (Lipinski definition) is 6. The molecular weight excluding hydrogens is 574 g/mol. The summed E-state index contributed by atoms with van der Waals surface area (Å²) >= 11 is 0. The highest BCUT2D eigenvalue weighted by atomic mass is 35.5. The number of amides is 4. The molecule has 3 atom stereocenters. The number of benzene rings is 1. The number of rotatable bonds is 11. The smallest absolute Gasteiger partial charge is 0.407 e. The van der Waals surface area contributed by atoms with Crippen molar-refractivity contribution in [2.24, 2.45) is 5.92 Å². The molecule has 4 rings (SSSR count). The number of pyridine rings is 1. The second-order valence-corrected chi connectivity index (χ2v) is 11.1. The third-order valence-corrected chi connectivity index (χ3v) is 7.73. The summed E-state index contributed by atoms with van der Waals surface area (Å²) in [6.07, 6.45) is 5.28. The predicted octanol–water partition coefficient (Wildman–Crippen LogP) is -1.40. The van der Waals surface area contributed by atoms with Crippen LogP contribution in [0.3, 0.4) is 0 Å². The maximum Gasteiger partial charge on any atom is 0.407 e. The number of hydrogen-bond donors (Lipinski definition) is 2. The van der Waals surface area contributed by atoms with Gasteiger partial charge in [-0.05, 0) is 37.2 Å². The number of carbonyl (C=O) groups is 5. The fraction of sp³-hybridized carbons (Fsp3) is 0.484. The van der Waals surface area contributed by atoms with Gasteiger partial charge in [-0.2, -0.15) is 4.57 Å². The Morgan fingerprint density at radius 2 is 1.53 bits per heavy atom. The highest BCUT2D eigenvalue weighted by Gasteiger charge is 2.41. The molecule has 1 aromatic carbocycles. The zero-order valence-electron chi connectivity index (χ0n) is 24.6.